The number of aromatic nitrogens is 3. The quantitative estimate of drug-likeness (QED) is 0.532. The number of rotatable bonds is 6. The summed E-state index contributed by atoms with van der Waals surface area (Å²) < 4.78 is 25.3. The molecule has 3 aromatic rings. The van der Waals surface area contributed by atoms with E-state index in [0.717, 1.165) is 0 Å². The van der Waals surface area contributed by atoms with Crippen molar-refractivity contribution in [2.24, 2.45) is 5.92 Å². The molecular formula is C24H25FN4O4. The van der Waals surface area contributed by atoms with Crippen LogP contribution >= 0.6 is 0 Å². The van der Waals surface area contributed by atoms with E-state index in [9.17, 15) is 14.0 Å². The van der Waals surface area contributed by atoms with Gasteiger partial charge in [-0.15, -0.1) is 0 Å². The molecule has 1 fully saturated rings. The van der Waals surface area contributed by atoms with Gasteiger partial charge < -0.3 is 14.4 Å². The van der Waals surface area contributed by atoms with Gasteiger partial charge in [0, 0.05) is 24.7 Å². The van der Waals surface area contributed by atoms with Crippen LogP contribution in [0.5, 0.6) is 5.88 Å². The van der Waals surface area contributed by atoms with Crippen molar-refractivity contribution in [3.8, 4) is 22.8 Å². The molecule has 1 aromatic carbocycles. The summed E-state index contributed by atoms with van der Waals surface area (Å²) >= 11 is 0. The number of hydrogen-bond acceptors (Lipinski definition) is 6. The molecule has 0 spiro atoms. The molecule has 4 rings (SSSR count). The van der Waals surface area contributed by atoms with E-state index in [1.54, 1.807) is 53.0 Å². The number of amides is 1. The smallest absolute Gasteiger partial charge is 0.309 e. The molecule has 0 bridgehead atoms. The van der Waals surface area contributed by atoms with Gasteiger partial charge in [0.15, 0.2) is 5.69 Å². The fraction of sp³-hybridized carbons (Fsp3) is 0.333. The Kier molecular flexibility index (Phi) is 6.67. The molecule has 0 unspecified atom stereocenters. The Morgan fingerprint density at radius 3 is 2.45 bits per heavy atom. The predicted molar refractivity (Wildman–Crippen MR) is 119 cm³/mol. The first-order valence-corrected chi connectivity index (χ1v) is 10.8. The molecule has 3 heterocycles. The molecule has 2 aromatic heterocycles. The SMILES string of the molecule is CCOC(=O)C1CCN(C(=O)c2cc(-c3ccc(F)cc3)n(-c3ccc(OC)nc3)n2)CC1. The summed E-state index contributed by atoms with van der Waals surface area (Å²) in [5.74, 6) is -0.515. The number of piperidine rings is 1. The molecule has 0 N–H and O–H groups in total. The summed E-state index contributed by atoms with van der Waals surface area (Å²) in [5.41, 5.74) is 2.24. The van der Waals surface area contributed by atoms with E-state index in [4.69, 9.17) is 9.47 Å². The van der Waals surface area contributed by atoms with Crippen molar-refractivity contribution in [1.82, 2.24) is 19.7 Å². The van der Waals surface area contributed by atoms with Crippen LogP contribution in [0.2, 0.25) is 0 Å². The highest BCUT2D eigenvalue weighted by Crippen LogP contribution is 2.27. The molecule has 1 saturated heterocycles. The Bertz CT molecular complexity index is 1120. The van der Waals surface area contributed by atoms with E-state index in [0.29, 0.717) is 55.4 Å². The Labute approximate surface area is 190 Å². The van der Waals surface area contributed by atoms with Crippen LogP contribution in [-0.4, -0.2) is 58.3 Å². The Balaban J connectivity index is 1.61. The highest BCUT2D eigenvalue weighted by molar-refractivity contribution is 5.94. The zero-order valence-electron chi connectivity index (χ0n) is 18.5. The number of likely N-dealkylation sites (tertiary alicyclic amines) is 1. The van der Waals surface area contributed by atoms with Crippen LogP contribution in [0.1, 0.15) is 30.3 Å². The maximum absolute atomic E-state index is 13.5. The number of hydrogen-bond donors (Lipinski definition) is 0. The summed E-state index contributed by atoms with van der Waals surface area (Å²) in [5, 5.41) is 4.55. The zero-order valence-corrected chi connectivity index (χ0v) is 18.5. The van der Waals surface area contributed by atoms with Gasteiger partial charge in [0.05, 0.1) is 37.2 Å². The average molecular weight is 452 g/mol. The van der Waals surface area contributed by atoms with E-state index in [1.807, 2.05) is 0 Å². The third-order valence-corrected chi connectivity index (χ3v) is 5.65. The van der Waals surface area contributed by atoms with E-state index in [-0.39, 0.29) is 29.3 Å². The Morgan fingerprint density at radius 2 is 1.85 bits per heavy atom. The van der Waals surface area contributed by atoms with Crippen LogP contribution in [0, 0.1) is 11.7 Å². The lowest BCUT2D eigenvalue weighted by Gasteiger charge is -2.30. The van der Waals surface area contributed by atoms with Crippen LogP contribution in [0.3, 0.4) is 0 Å². The number of carbonyl (C=O) groups is 2. The summed E-state index contributed by atoms with van der Waals surface area (Å²) in [6.07, 6.45) is 2.70. The number of benzene rings is 1. The topological polar surface area (TPSA) is 86.5 Å². The van der Waals surface area contributed by atoms with E-state index >= 15 is 0 Å². The maximum atomic E-state index is 13.5. The zero-order chi connectivity index (χ0) is 23.4. The number of carbonyl (C=O) groups excluding carboxylic acids is 2. The van der Waals surface area contributed by atoms with Crippen LogP contribution in [0.25, 0.3) is 16.9 Å². The molecule has 0 atom stereocenters. The van der Waals surface area contributed by atoms with Crippen molar-refractivity contribution in [2.45, 2.75) is 19.8 Å². The number of pyridine rings is 1. The minimum absolute atomic E-state index is 0.188. The first-order chi connectivity index (χ1) is 16.0. The highest BCUT2D eigenvalue weighted by Gasteiger charge is 2.30. The van der Waals surface area contributed by atoms with Gasteiger partial charge in [0.2, 0.25) is 5.88 Å². The van der Waals surface area contributed by atoms with Crippen LogP contribution in [-0.2, 0) is 9.53 Å². The van der Waals surface area contributed by atoms with Gasteiger partial charge in [0.25, 0.3) is 5.91 Å². The van der Waals surface area contributed by atoms with E-state index < -0.39 is 0 Å². The molecular weight excluding hydrogens is 427 g/mol. The summed E-state index contributed by atoms with van der Waals surface area (Å²) in [7, 11) is 1.53. The van der Waals surface area contributed by atoms with Crippen LogP contribution < -0.4 is 4.74 Å². The molecule has 0 radical (unpaired) electrons. The normalized spacial score (nSPS) is 14.2. The molecule has 1 amide bonds. The minimum atomic E-state index is -0.350. The second-order valence-corrected chi connectivity index (χ2v) is 7.71. The van der Waals surface area contributed by atoms with Crippen LogP contribution in [0.15, 0.2) is 48.7 Å². The summed E-state index contributed by atoms with van der Waals surface area (Å²) in [4.78, 5) is 31.1. The van der Waals surface area contributed by atoms with Gasteiger partial charge in [-0.1, -0.05) is 0 Å². The maximum Gasteiger partial charge on any atom is 0.309 e. The fourth-order valence-electron chi connectivity index (χ4n) is 3.87. The lowest BCUT2D eigenvalue weighted by atomic mass is 9.97. The van der Waals surface area contributed by atoms with Gasteiger partial charge in [-0.3, -0.25) is 9.59 Å². The van der Waals surface area contributed by atoms with Crippen LogP contribution in [0.4, 0.5) is 4.39 Å². The van der Waals surface area contributed by atoms with Crippen molar-refractivity contribution in [2.75, 3.05) is 26.8 Å². The molecule has 1 aliphatic heterocycles. The van der Waals surface area contributed by atoms with Gasteiger partial charge in [-0.05, 0) is 56.2 Å². The molecule has 172 valence electrons. The minimum Gasteiger partial charge on any atom is -0.481 e. The third-order valence-electron chi connectivity index (χ3n) is 5.65. The molecule has 9 heteroatoms. The highest BCUT2D eigenvalue weighted by atomic mass is 19.1. The van der Waals surface area contributed by atoms with Crippen molar-refractivity contribution >= 4 is 11.9 Å². The summed E-state index contributed by atoms with van der Waals surface area (Å²) in [6, 6.07) is 11.2. The van der Waals surface area contributed by atoms with Gasteiger partial charge >= 0.3 is 5.97 Å². The van der Waals surface area contributed by atoms with Crippen molar-refractivity contribution in [3.05, 3.63) is 60.2 Å². The molecule has 0 saturated carbocycles. The second-order valence-electron chi connectivity index (χ2n) is 7.71. The monoisotopic (exact) mass is 452 g/mol. The number of nitrogens with zero attached hydrogens (tertiary/aromatic N) is 4. The molecule has 8 nitrogen and oxygen atoms in total. The largest absolute Gasteiger partial charge is 0.481 e. The average Bonchev–Trinajstić information content (AvgIpc) is 3.30. The predicted octanol–water partition coefficient (Wildman–Crippen LogP) is 3.50. The van der Waals surface area contributed by atoms with E-state index in [2.05, 4.69) is 10.1 Å². The third kappa shape index (κ3) is 4.87. The lowest BCUT2D eigenvalue weighted by molar-refractivity contribution is -0.149. The van der Waals surface area contributed by atoms with Crippen molar-refractivity contribution in [1.29, 1.82) is 0 Å². The first kappa shape index (κ1) is 22.4. The molecule has 33 heavy (non-hydrogen) atoms. The summed E-state index contributed by atoms with van der Waals surface area (Å²) in [6.45, 7) is 3.03. The fourth-order valence-corrected chi connectivity index (χ4v) is 3.87. The number of halogens is 1. The number of ether oxygens (including phenoxy) is 2. The standard InChI is InChI=1S/C24H25FN4O4/c1-3-33-24(31)17-10-12-28(13-11-17)23(30)20-14-21(16-4-6-18(25)7-5-16)29(27-20)19-8-9-22(32-2)26-15-19/h4-9,14-15,17H,3,10-13H2,1-2H3. The van der Waals surface area contributed by atoms with Crippen molar-refractivity contribution < 1.29 is 23.5 Å². The van der Waals surface area contributed by atoms with Gasteiger partial charge in [-0.2, -0.15) is 5.10 Å². The lowest BCUT2D eigenvalue weighted by Crippen LogP contribution is -2.40. The Hall–Kier alpha value is -3.75. The first-order valence-electron chi connectivity index (χ1n) is 10.8. The molecule has 0 aliphatic carbocycles. The van der Waals surface area contributed by atoms with Gasteiger partial charge in [0.1, 0.15) is 5.82 Å². The molecule has 1 aliphatic rings. The second kappa shape index (κ2) is 9.81. The number of esters is 1. The van der Waals surface area contributed by atoms with E-state index in [1.165, 1.54) is 19.2 Å². The van der Waals surface area contributed by atoms with Gasteiger partial charge in [-0.25, -0.2) is 14.1 Å². The van der Waals surface area contributed by atoms with Crippen molar-refractivity contribution in [3.63, 3.8) is 0 Å². The number of methoxy groups -OCH3 is 1. The Morgan fingerprint density at radius 1 is 1.12 bits per heavy atom.